The van der Waals surface area contributed by atoms with Crippen LogP contribution < -0.4 is 5.73 Å². The van der Waals surface area contributed by atoms with E-state index in [1.807, 2.05) is 17.5 Å². The summed E-state index contributed by atoms with van der Waals surface area (Å²) in [5.74, 6) is 0.0877. The van der Waals surface area contributed by atoms with Crippen molar-refractivity contribution in [1.29, 1.82) is 0 Å². The van der Waals surface area contributed by atoms with Gasteiger partial charge in [0.1, 0.15) is 10.1 Å². The van der Waals surface area contributed by atoms with Gasteiger partial charge in [0.25, 0.3) is 0 Å². The standard InChI is InChI=1S/C10H8ClNOS/c11-10-7(3-4-14-10)6-1-2-8(12)9(13)5-6/h1-5,13H,12H2. The fourth-order valence-corrected chi connectivity index (χ4v) is 2.17. The van der Waals surface area contributed by atoms with Crippen LogP contribution in [0.3, 0.4) is 0 Å². The maximum absolute atomic E-state index is 9.43. The van der Waals surface area contributed by atoms with Gasteiger partial charge in [-0.25, -0.2) is 0 Å². The summed E-state index contributed by atoms with van der Waals surface area (Å²) in [7, 11) is 0. The number of phenols is 1. The van der Waals surface area contributed by atoms with E-state index in [0.29, 0.717) is 10.0 Å². The van der Waals surface area contributed by atoms with Crippen LogP contribution in [0.5, 0.6) is 5.75 Å². The molecule has 3 N–H and O–H groups in total. The zero-order valence-corrected chi connectivity index (χ0v) is 8.77. The highest BCUT2D eigenvalue weighted by Gasteiger charge is 2.06. The summed E-state index contributed by atoms with van der Waals surface area (Å²) in [6.45, 7) is 0. The lowest BCUT2D eigenvalue weighted by molar-refractivity contribution is 0.478. The molecule has 0 bridgehead atoms. The van der Waals surface area contributed by atoms with Crippen LogP contribution in [0.15, 0.2) is 29.6 Å². The lowest BCUT2D eigenvalue weighted by Gasteiger charge is -2.02. The van der Waals surface area contributed by atoms with Gasteiger partial charge in [0.2, 0.25) is 0 Å². The Balaban J connectivity index is 2.53. The van der Waals surface area contributed by atoms with E-state index in [-0.39, 0.29) is 5.75 Å². The lowest BCUT2D eigenvalue weighted by atomic mass is 10.1. The normalized spacial score (nSPS) is 10.4. The van der Waals surface area contributed by atoms with Crippen LogP contribution in [-0.4, -0.2) is 5.11 Å². The summed E-state index contributed by atoms with van der Waals surface area (Å²) in [6, 6.07) is 7.03. The van der Waals surface area contributed by atoms with E-state index >= 15 is 0 Å². The zero-order valence-electron chi connectivity index (χ0n) is 7.20. The number of thiophene rings is 1. The van der Waals surface area contributed by atoms with Gasteiger partial charge >= 0.3 is 0 Å². The van der Waals surface area contributed by atoms with Crippen molar-refractivity contribution in [2.45, 2.75) is 0 Å². The Kier molecular flexibility index (Phi) is 2.35. The molecule has 1 aromatic heterocycles. The van der Waals surface area contributed by atoms with E-state index in [1.165, 1.54) is 11.3 Å². The van der Waals surface area contributed by atoms with Gasteiger partial charge in [0, 0.05) is 5.56 Å². The second kappa shape index (κ2) is 3.52. The Morgan fingerprint density at radius 1 is 1.29 bits per heavy atom. The number of hydrogen-bond donors (Lipinski definition) is 2. The highest BCUT2D eigenvalue weighted by Crippen LogP contribution is 2.35. The maximum atomic E-state index is 9.43. The molecule has 0 atom stereocenters. The van der Waals surface area contributed by atoms with Crippen LogP contribution in [-0.2, 0) is 0 Å². The van der Waals surface area contributed by atoms with E-state index in [0.717, 1.165) is 11.1 Å². The molecule has 1 aromatic carbocycles. The number of aromatic hydroxyl groups is 1. The summed E-state index contributed by atoms with van der Waals surface area (Å²) in [6.07, 6.45) is 0. The summed E-state index contributed by atoms with van der Waals surface area (Å²) < 4.78 is 0.717. The number of nitrogen functional groups attached to an aromatic ring is 1. The summed E-state index contributed by atoms with van der Waals surface area (Å²) >= 11 is 7.43. The van der Waals surface area contributed by atoms with Gasteiger partial charge in [-0.1, -0.05) is 17.7 Å². The SMILES string of the molecule is Nc1ccc(-c2ccsc2Cl)cc1O. The number of halogens is 1. The molecule has 0 spiro atoms. The van der Waals surface area contributed by atoms with Crippen molar-refractivity contribution in [3.8, 4) is 16.9 Å². The summed E-state index contributed by atoms with van der Waals surface area (Å²) in [5, 5.41) is 11.3. The van der Waals surface area contributed by atoms with Crippen LogP contribution in [0.25, 0.3) is 11.1 Å². The molecular formula is C10H8ClNOS. The van der Waals surface area contributed by atoms with Gasteiger partial charge in [-0.05, 0) is 29.1 Å². The molecule has 0 saturated carbocycles. The molecule has 0 unspecified atom stereocenters. The molecule has 0 radical (unpaired) electrons. The van der Waals surface area contributed by atoms with Crippen LogP contribution >= 0.6 is 22.9 Å². The lowest BCUT2D eigenvalue weighted by Crippen LogP contribution is -1.85. The molecule has 2 aromatic rings. The van der Waals surface area contributed by atoms with Crippen molar-refractivity contribution >= 4 is 28.6 Å². The first-order chi connectivity index (χ1) is 6.68. The van der Waals surface area contributed by atoms with Gasteiger partial charge < -0.3 is 10.8 Å². The average molecular weight is 226 g/mol. The fourth-order valence-electron chi connectivity index (χ4n) is 1.21. The Labute approximate surface area is 90.6 Å². The molecule has 0 fully saturated rings. The molecule has 4 heteroatoms. The molecule has 14 heavy (non-hydrogen) atoms. The van der Waals surface area contributed by atoms with Crippen LogP contribution in [0.4, 0.5) is 5.69 Å². The third kappa shape index (κ3) is 1.56. The van der Waals surface area contributed by atoms with Gasteiger partial charge in [-0.2, -0.15) is 0 Å². The second-order valence-corrected chi connectivity index (χ2v) is 4.40. The average Bonchev–Trinajstić information content (AvgIpc) is 2.57. The van der Waals surface area contributed by atoms with Crippen LogP contribution in [0.1, 0.15) is 0 Å². The third-order valence-electron chi connectivity index (χ3n) is 1.96. The minimum Gasteiger partial charge on any atom is -0.506 e. The molecular weight excluding hydrogens is 218 g/mol. The first-order valence-corrected chi connectivity index (χ1v) is 5.26. The molecule has 0 aliphatic rings. The number of phenolic OH excluding ortho intramolecular Hbond substituents is 1. The van der Waals surface area contributed by atoms with Crippen molar-refractivity contribution in [2.75, 3.05) is 5.73 Å². The minimum absolute atomic E-state index is 0.0877. The highest BCUT2D eigenvalue weighted by molar-refractivity contribution is 7.15. The van der Waals surface area contributed by atoms with Crippen LogP contribution in [0, 0.1) is 0 Å². The highest BCUT2D eigenvalue weighted by atomic mass is 35.5. The van der Waals surface area contributed by atoms with Crippen molar-refractivity contribution in [2.24, 2.45) is 0 Å². The molecule has 0 aliphatic carbocycles. The van der Waals surface area contributed by atoms with E-state index < -0.39 is 0 Å². The quantitative estimate of drug-likeness (QED) is 0.578. The molecule has 0 aliphatic heterocycles. The topological polar surface area (TPSA) is 46.2 Å². The number of nitrogens with two attached hydrogens (primary N) is 1. The Morgan fingerprint density at radius 2 is 2.07 bits per heavy atom. The predicted octanol–water partition coefficient (Wildman–Crippen LogP) is 3.36. The van der Waals surface area contributed by atoms with Gasteiger partial charge in [0.05, 0.1) is 5.69 Å². The van der Waals surface area contributed by atoms with Gasteiger partial charge in [-0.15, -0.1) is 11.3 Å². The van der Waals surface area contributed by atoms with Crippen molar-refractivity contribution in [3.05, 3.63) is 34.0 Å². The first-order valence-electron chi connectivity index (χ1n) is 4.00. The van der Waals surface area contributed by atoms with E-state index in [4.69, 9.17) is 17.3 Å². The number of rotatable bonds is 1. The van der Waals surface area contributed by atoms with Crippen molar-refractivity contribution in [1.82, 2.24) is 0 Å². The molecule has 2 rings (SSSR count). The third-order valence-corrected chi connectivity index (χ3v) is 3.13. The van der Waals surface area contributed by atoms with Crippen molar-refractivity contribution < 1.29 is 5.11 Å². The molecule has 1 heterocycles. The zero-order chi connectivity index (χ0) is 10.1. The first kappa shape index (κ1) is 9.37. The smallest absolute Gasteiger partial charge is 0.139 e. The molecule has 72 valence electrons. The largest absolute Gasteiger partial charge is 0.506 e. The van der Waals surface area contributed by atoms with Crippen molar-refractivity contribution in [3.63, 3.8) is 0 Å². The predicted molar refractivity (Wildman–Crippen MR) is 60.8 cm³/mol. The fraction of sp³-hybridized carbons (Fsp3) is 0. The Morgan fingerprint density at radius 3 is 2.64 bits per heavy atom. The summed E-state index contributed by atoms with van der Waals surface area (Å²) in [5.41, 5.74) is 7.68. The van der Waals surface area contributed by atoms with E-state index in [9.17, 15) is 5.11 Å². The maximum Gasteiger partial charge on any atom is 0.139 e. The van der Waals surface area contributed by atoms with Gasteiger partial charge in [0.15, 0.2) is 0 Å². The van der Waals surface area contributed by atoms with E-state index in [2.05, 4.69) is 0 Å². The van der Waals surface area contributed by atoms with E-state index in [1.54, 1.807) is 12.1 Å². The second-order valence-electron chi connectivity index (χ2n) is 2.88. The number of benzene rings is 1. The van der Waals surface area contributed by atoms with Gasteiger partial charge in [-0.3, -0.25) is 0 Å². The molecule has 0 amide bonds. The van der Waals surface area contributed by atoms with Crippen LogP contribution in [0.2, 0.25) is 4.34 Å². The monoisotopic (exact) mass is 225 g/mol. The minimum atomic E-state index is 0.0877. The molecule has 0 saturated heterocycles. The Bertz CT molecular complexity index is 467. The Hall–Kier alpha value is -1.19. The molecule has 2 nitrogen and oxygen atoms in total. The number of anilines is 1. The summed E-state index contributed by atoms with van der Waals surface area (Å²) in [4.78, 5) is 0. The number of hydrogen-bond acceptors (Lipinski definition) is 3.